The fourth-order valence-corrected chi connectivity index (χ4v) is 3.41. The minimum Gasteiger partial charge on any atom is -0.364 e. The molecule has 2 aromatic heterocycles. The summed E-state index contributed by atoms with van der Waals surface area (Å²) >= 11 is 3.60. The molecule has 0 aliphatic heterocycles. The third kappa shape index (κ3) is 2.54. The third-order valence-corrected chi connectivity index (χ3v) is 5.13. The number of aromatic nitrogens is 2. The first-order valence-electron chi connectivity index (χ1n) is 7.53. The van der Waals surface area contributed by atoms with Gasteiger partial charge in [-0.25, -0.2) is 0 Å². The zero-order valence-corrected chi connectivity index (χ0v) is 15.0. The van der Waals surface area contributed by atoms with Gasteiger partial charge in [-0.15, -0.1) is 0 Å². The summed E-state index contributed by atoms with van der Waals surface area (Å²) in [6.45, 7) is 8.69. The average Bonchev–Trinajstić information content (AvgIpc) is 2.98. The van der Waals surface area contributed by atoms with Gasteiger partial charge in [0.1, 0.15) is 0 Å². The van der Waals surface area contributed by atoms with Crippen LogP contribution in [0.2, 0.25) is 0 Å². The largest absolute Gasteiger partial charge is 0.364 e. The molecule has 2 heterocycles. The van der Waals surface area contributed by atoms with Gasteiger partial charge in [0.2, 0.25) is 0 Å². The van der Waals surface area contributed by atoms with Crippen LogP contribution in [0.25, 0.3) is 0 Å². The monoisotopic (exact) mass is 356 g/mol. The van der Waals surface area contributed by atoms with Crippen molar-refractivity contribution >= 4 is 15.9 Å². The fraction of sp³-hybridized carbons (Fsp3) is 0.263. The van der Waals surface area contributed by atoms with Crippen molar-refractivity contribution in [3.8, 4) is 0 Å². The van der Waals surface area contributed by atoms with Crippen molar-refractivity contribution in [3.63, 3.8) is 0 Å². The van der Waals surface area contributed by atoms with Gasteiger partial charge >= 0.3 is 0 Å². The van der Waals surface area contributed by atoms with E-state index in [-0.39, 0.29) is 5.92 Å². The van der Waals surface area contributed by atoms with E-state index in [9.17, 15) is 0 Å². The van der Waals surface area contributed by atoms with E-state index in [4.69, 9.17) is 0 Å². The molecule has 0 saturated heterocycles. The maximum Gasteiger partial charge on any atom is 0.0647 e. The molecule has 0 unspecified atom stereocenters. The van der Waals surface area contributed by atoms with E-state index in [0.29, 0.717) is 0 Å². The van der Waals surface area contributed by atoms with Crippen molar-refractivity contribution in [2.24, 2.45) is 0 Å². The van der Waals surface area contributed by atoms with Gasteiger partial charge in [0.05, 0.1) is 5.92 Å². The summed E-state index contributed by atoms with van der Waals surface area (Å²) in [5, 5.41) is 0. The minimum absolute atomic E-state index is 0.194. The molecule has 3 rings (SSSR count). The van der Waals surface area contributed by atoms with E-state index in [2.05, 4.69) is 90.3 Å². The van der Waals surface area contributed by atoms with Crippen LogP contribution in [0.1, 0.15) is 45.1 Å². The first-order chi connectivity index (χ1) is 10.5. The molecular weight excluding hydrogens is 336 g/mol. The summed E-state index contributed by atoms with van der Waals surface area (Å²) < 4.78 is 1.11. The van der Waals surface area contributed by atoms with Gasteiger partial charge in [-0.05, 0) is 67.6 Å². The highest BCUT2D eigenvalue weighted by atomic mass is 79.9. The molecule has 0 aliphatic rings. The van der Waals surface area contributed by atoms with Crippen LogP contribution in [0.5, 0.6) is 0 Å². The Labute approximate surface area is 140 Å². The average molecular weight is 357 g/mol. The molecule has 3 aromatic rings. The molecule has 0 amide bonds. The Hall–Kier alpha value is -1.74. The normalized spacial score (nSPS) is 11.4. The van der Waals surface area contributed by atoms with Crippen LogP contribution in [0.4, 0.5) is 0 Å². The zero-order chi connectivity index (χ0) is 15.9. The van der Waals surface area contributed by atoms with Gasteiger partial charge in [-0.1, -0.05) is 28.1 Å². The van der Waals surface area contributed by atoms with Crippen LogP contribution in [-0.4, -0.2) is 9.97 Å². The molecule has 0 fully saturated rings. The Kier molecular flexibility index (Phi) is 4.00. The molecule has 0 spiro atoms. The van der Waals surface area contributed by atoms with E-state index < -0.39 is 0 Å². The van der Waals surface area contributed by atoms with E-state index >= 15 is 0 Å². The summed E-state index contributed by atoms with van der Waals surface area (Å²) in [6.07, 6.45) is 4.20. The number of hydrogen-bond acceptors (Lipinski definition) is 0. The maximum absolute atomic E-state index is 3.60. The van der Waals surface area contributed by atoms with Crippen LogP contribution in [-0.2, 0) is 0 Å². The second-order valence-corrected chi connectivity index (χ2v) is 6.92. The van der Waals surface area contributed by atoms with Crippen LogP contribution in [0.3, 0.4) is 0 Å². The Bertz CT molecular complexity index is 764. The molecule has 2 N–H and O–H groups in total. The van der Waals surface area contributed by atoms with Crippen molar-refractivity contribution in [2.75, 3.05) is 0 Å². The standard InChI is InChI=1S/C19H21BrN2/c1-11-9-21-18(13(11)3)17(15-6-5-7-16(20)8-15)19-14(4)12(2)10-22-19/h5-10,17,21-22H,1-4H3. The molecule has 0 aliphatic carbocycles. The van der Waals surface area contributed by atoms with Gasteiger partial charge in [-0.2, -0.15) is 0 Å². The highest BCUT2D eigenvalue weighted by molar-refractivity contribution is 9.10. The van der Waals surface area contributed by atoms with Crippen LogP contribution in [0.15, 0.2) is 41.1 Å². The topological polar surface area (TPSA) is 31.6 Å². The van der Waals surface area contributed by atoms with E-state index in [1.54, 1.807) is 0 Å². The zero-order valence-electron chi connectivity index (χ0n) is 13.4. The van der Waals surface area contributed by atoms with Crippen LogP contribution in [0, 0.1) is 27.7 Å². The minimum atomic E-state index is 0.194. The van der Waals surface area contributed by atoms with Crippen molar-refractivity contribution < 1.29 is 0 Å². The summed E-state index contributed by atoms with van der Waals surface area (Å²) in [5.41, 5.74) is 9.07. The number of aryl methyl sites for hydroxylation is 2. The Balaban J connectivity index is 2.23. The highest BCUT2D eigenvalue weighted by Gasteiger charge is 2.24. The van der Waals surface area contributed by atoms with Gasteiger partial charge in [-0.3, -0.25) is 0 Å². The number of nitrogens with one attached hydrogen (secondary N) is 2. The second kappa shape index (κ2) is 5.81. The lowest BCUT2D eigenvalue weighted by Gasteiger charge is -2.19. The Morgan fingerprint density at radius 2 is 1.41 bits per heavy atom. The van der Waals surface area contributed by atoms with E-state index in [0.717, 1.165) is 4.47 Å². The van der Waals surface area contributed by atoms with Gasteiger partial charge in [0, 0.05) is 28.3 Å². The smallest absolute Gasteiger partial charge is 0.0647 e. The van der Waals surface area contributed by atoms with Crippen molar-refractivity contribution in [2.45, 2.75) is 33.6 Å². The first kappa shape index (κ1) is 15.2. The number of H-pyrrole nitrogens is 2. The summed E-state index contributed by atoms with van der Waals surface area (Å²) in [6, 6.07) is 8.57. The lowest BCUT2D eigenvalue weighted by atomic mass is 9.88. The molecule has 0 bridgehead atoms. The Morgan fingerprint density at radius 3 is 1.82 bits per heavy atom. The van der Waals surface area contributed by atoms with E-state index in [1.165, 1.54) is 39.2 Å². The quantitative estimate of drug-likeness (QED) is 0.619. The molecule has 0 radical (unpaired) electrons. The molecule has 3 heteroatoms. The van der Waals surface area contributed by atoms with Gasteiger partial charge < -0.3 is 9.97 Å². The van der Waals surface area contributed by atoms with Crippen LogP contribution >= 0.6 is 15.9 Å². The highest BCUT2D eigenvalue weighted by Crippen LogP contribution is 2.36. The number of rotatable bonds is 3. The molecule has 0 atom stereocenters. The van der Waals surface area contributed by atoms with Gasteiger partial charge in [0.25, 0.3) is 0 Å². The predicted molar refractivity (Wildman–Crippen MR) is 95.6 cm³/mol. The van der Waals surface area contributed by atoms with Crippen LogP contribution < -0.4 is 0 Å². The molecular formula is C19H21BrN2. The number of hydrogen-bond donors (Lipinski definition) is 2. The lowest BCUT2D eigenvalue weighted by molar-refractivity contribution is 0.877. The molecule has 2 nitrogen and oxygen atoms in total. The van der Waals surface area contributed by atoms with Crippen molar-refractivity contribution in [1.29, 1.82) is 0 Å². The predicted octanol–water partition coefficient (Wildman–Crippen LogP) is 5.52. The first-order valence-corrected chi connectivity index (χ1v) is 8.32. The molecule has 114 valence electrons. The SMILES string of the molecule is Cc1c[nH]c(C(c2cccc(Br)c2)c2[nH]cc(C)c2C)c1C. The molecule has 22 heavy (non-hydrogen) atoms. The van der Waals surface area contributed by atoms with Crippen molar-refractivity contribution in [3.05, 3.63) is 80.3 Å². The number of benzene rings is 1. The summed E-state index contributed by atoms with van der Waals surface area (Å²) in [4.78, 5) is 6.98. The molecule has 1 aromatic carbocycles. The fourth-order valence-electron chi connectivity index (χ4n) is 2.99. The Morgan fingerprint density at radius 1 is 0.864 bits per heavy atom. The number of aromatic amines is 2. The maximum atomic E-state index is 3.60. The summed E-state index contributed by atoms with van der Waals surface area (Å²) in [5.74, 6) is 0.194. The molecule has 0 saturated carbocycles. The van der Waals surface area contributed by atoms with Gasteiger partial charge in [0.15, 0.2) is 0 Å². The third-order valence-electron chi connectivity index (χ3n) is 4.64. The number of halogens is 1. The summed E-state index contributed by atoms with van der Waals surface area (Å²) in [7, 11) is 0. The van der Waals surface area contributed by atoms with Crippen molar-refractivity contribution in [1.82, 2.24) is 9.97 Å². The lowest BCUT2D eigenvalue weighted by Crippen LogP contribution is -2.07. The van der Waals surface area contributed by atoms with E-state index in [1.807, 2.05) is 0 Å². The second-order valence-electron chi connectivity index (χ2n) is 6.01.